The maximum absolute atomic E-state index is 12.8. The number of nitrogens with zero attached hydrogens (tertiary/aromatic N) is 3. The number of nitro groups is 1. The van der Waals surface area contributed by atoms with Gasteiger partial charge in [0.25, 0.3) is 11.6 Å². The summed E-state index contributed by atoms with van der Waals surface area (Å²) in [5, 5.41) is 24.1. The molecule has 0 saturated heterocycles. The number of carbonyl (C=O) groups excluding carboxylic acids is 2. The van der Waals surface area contributed by atoms with Crippen LogP contribution in [0, 0.1) is 21.4 Å². The Hall–Kier alpha value is -3.15. The average Bonchev–Trinajstić information content (AvgIpc) is 3.57. The molecule has 0 aliphatic heterocycles. The normalized spacial score (nSPS) is 18.6. The fraction of sp³-hybridized carbons (Fsp3) is 0.571. The van der Waals surface area contributed by atoms with E-state index in [1.807, 2.05) is 0 Å². The van der Waals surface area contributed by atoms with E-state index in [0.717, 1.165) is 38.2 Å². The Morgan fingerprint density at radius 3 is 2.57 bits per heavy atom. The molecule has 2 fully saturated rings. The van der Waals surface area contributed by atoms with E-state index in [9.17, 15) is 25.0 Å². The molecular weight excluding hydrogens is 388 g/mol. The number of likely N-dealkylation sites (N-methyl/N-ethyl adjacent to an activating group) is 1. The maximum Gasteiger partial charge on any atom is 0.339 e. The first-order valence-electron chi connectivity index (χ1n) is 10.2. The minimum atomic E-state index is -1.11. The van der Waals surface area contributed by atoms with Gasteiger partial charge in [-0.1, -0.05) is 19.3 Å². The Labute approximate surface area is 175 Å². The average molecular weight is 414 g/mol. The molecule has 2 aliphatic carbocycles. The third-order valence-corrected chi connectivity index (χ3v) is 5.86. The molecule has 9 nitrogen and oxygen atoms in total. The molecule has 0 heterocycles. The molecule has 30 heavy (non-hydrogen) atoms. The summed E-state index contributed by atoms with van der Waals surface area (Å²) in [6.07, 6.45) is 4.74. The number of amides is 1. The molecule has 2 aliphatic rings. The van der Waals surface area contributed by atoms with E-state index < -0.39 is 28.4 Å². The number of hydrogen-bond acceptors (Lipinski definition) is 7. The van der Waals surface area contributed by atoms with Crippen molar-refractivity contribution in [3.8, 4) is 6.07 Å². The van der Waals surface area contributed by atoms with Crippen molar-refractivity contribution in [2.75, 3.05) is 12.4 Å². The van der Waals surface area contributed by atoms with Crippen molar-refractivity contribution in [2.45, 2.75) is 69.6 Å². The SMILES string of the molecule is C[C@@H](OC(=O)c1ccc(NC2CC2)c([N+](=O)[O-])c1)C(=O)N(C)C1(C#N)CCCCC1. The van der Waals surface area contributed by atoms with Crippen molar-refractivity contribution < 1.29 is 19.2 Å². The monoisotopic (exact) mass is 414 g/mol. The van der Waals surface area contributed by atoms with E-state index in [-0.39, 0.29) is 17.3 Å². The summed E-state index contributed by atoms with van der Waals surface area (Å²) in [6, 6.07) is 6.58. The molecule has 0 radical (unpaired) electrons. The molecule has 1 aromatic carbocycles. The molecule has 9 heteroatoms. The van der Waals surface area contributed by atoms with Crippen LogP contribution in [-0.2, 0) is 9.53 Å². The molecule has 160 valence electrons. The number of nitro benzene ring substituents is 1. The summed E-state index contributed by atoms with van der Waals surface area (Å²) in [5.41, 5.74) is -0.738. The third-order valence-electron chi connectivity index (χ3n) is 5.86. The second-order valence-electron chi connectivity index (χ2n) is 8.06. The van der Waals surface area contributed by atoms with E-state index in [0.29, 0.717) is 18.5 Å². The van der Waals surface area contributed by atoms with Crippen molar-refractivity contribution in [1.82, 2.24) is 4.90 Å². The lowest BCUT2D eigenvalue weighted by Crippen LogP contribution is -2.53. The van der Waals surface area contributed by atoms with Crippen molar-refractivity contribution in [3.63, 3.8) is 0 Å². The van der Waals surface area contributed by atoms with Crippen LogP contribution in [0.5, 0.6) is 0 Å². The van der Waals surface area contributed by atoms with Gasteiger partial charge >= 0.3 is 5.97 Å². The number of nitrogens with one attached hydrogen (secondary N) is 1. The molecule has 1 amide bonds. The Morgan fingerprint density at radius 2 is 2.00 bits per heavy atom. The molecule has 1 atom stereocenters. The quantitative estimate of drug-likeness (QED) is 0.412. The van der Waals surface area contributed by atoms with Crippen LogP contribution in [0.2, 0.25) is 0 Å². The molecular formula is C21H26N4O5. The second-order valence-corrected chi connectivity index (χ2v) is 8.06. The third kappa shape index (κ3) is 4.53. The molecule has 0 bridgehead atoms. The van der Waals surface area contributed by atoms with Gasteiger partial charge in [-0.25, -0.2) is 4.79 Å². The highest BCUT2D eigenvalue weighted by Crippen LogP contribution is 2.34. The standard InChI is InChI=1S/C21H26N4O5/c1-14(19(26)24(2)21(13-22)10-4-3-5-11-21)30-20(27)15-6-9-17(23-16-7-8-16)18(12-15)25(28)29/h6,9,12,14,16,23H,3-5,7-8,10-11H2,1-2H3/t14-/m1/s1. The number of carbonyl (C=O) groups is 2. The maximum atomic E-state index is 12.8. The number of ether oxygens (including phenoxy) is 1. The van der Waals surface area contributed by atoms with Gasteiger partial charge in [-0.15, -0.1) is 0 Å². The number of benzene rings is 1. The van der Waals surface area contributed by atoms with Crippen molar-refractivity contribution in [3.05, 3.63) is 33.9 Å². The van der Waals surface area contributed by atoms with Crippen molar-refractivity contribution in [2.24, 2.45) is 0 Å². The fourth-order valence-electron chi connectivity index (χ4n) is 3.80. The van der Waals surface area contributed by atoms with Gasteiger partial charge in [0.05, 0.1) is 16.6 Å². The topological polar surface area (TPSA) is 126 Å². The Morgan fingerprint density at radius 1 is 1.33 bits per heavy atom. The van der Waals surface area contributed by atoms with Crippen molar-refractivity contribution in [1.29, 1.82) is 5.26 Å². The number of anilines is 1. The lowest BCUT2D eigenvalue weighted by molar-refractivity contribution is -0.384. The lowest BCUT2D eigenvalue weighted by Gasteiger charge is -2.39. The number of rotatable bonds is 7. The molecule has 3 rings (SSSR count). The summed E-state index contributed by atoms with van der Waals surface area (Å²) in [6.45, 7) is 1.45. The van der Waals surface area contributed by atoms with Gasteiger partial charge in [-0.05, 0) is 44.7 Å². The lowest BCUT2D eigenvalue weighted by atomic mass is 9.81. The Balaban J connectivity index is 1.70. The number of esters is 1. The summed E-state index contributed by atoms with van der Waals surface area (Å²) in [5.74, 6) is -1.28. The van der Waals surface area contributed by atoms with E-state index >= 15 is 0 Å². The van der Waals surface area contributed by atoms with Crippen LogP contribution in [0.15, 0.2) is 18.2 Å². The van der Waals surface area contributed by atoms with Crippen molar-refractivity contribution >= 4 is 23.3 Å². The van der Waals surface area contributed by atoms with Gasteiger partial charge in [0, 0.05) is 19.2 Å². The smallest absolute Gasteiger partial charge is 0.339 e. The predicted octanol–water partition coefficient (Wildman–Crippen LogP) is 3.40. The highest BCUT2D eigenvalue weighted by atomic mass is 16.6. The van der Waals surface area contributed by atoms with Crippen LogP contribution in [0.4, 0.5) is 11.4 Å². The van der Waals surface area contributed by atoms with Gasteiger partial charge < -0.3 is 15.0 Å². The largest absolute Gasteiger partial charge is 0.449 e. The number of nitriles is 1. The first kappa shape index (κ1) is 21.6. The van der Waals surface area contributed by atoms with Crippen LogP contribution in [0.1, 0.15) is 62.2 Å². The van der Waals surface area contributed by atoms with E-state index in [2.05, 4.69) is 11.4 Å². The molecule has 2 saturated carbocycles. The molecule has 1 aromatic rings. The zero-order valence-electron chi connectivity index (χ0n) is 17.2. The zero-order valence-corrected chi connectivity index (χ0v) is 17.2. The summed E-state index contributed by atoms with van der Waals surface area (Å²) in [7, 11) is 1.56. The van der Waals surface area contributed by atoms with Crippen LogP contribution in [0.3, 0.4) is 0 Å². The van der Waals surface area contributed by atoms with E-state index in [1.54, 1.807) is 7.05 Å². The molecule has 0 unspecified atom stereocenters. The van der Waals surface area contributed by atoms with Crippen LogP contribution >= 0.6 is 0 Å². The minimum absolute atomic E-state index is 0.00184. The van der Waals surface area contributed by atoms with E-state index in [4.69, 9.17) is 4.74 Å². The molecule has 0 aromatic heterocycles. The summed E-state index contributed by atoms with van der Waals surface area (Å²) < 4.78 is 5.29. The summed E-state index contributed by atoms with van der Waals surface area (Å²) >= 11 is 0. The fourth-order valence-corrected chi connectivity index (χ4v) is 3.80. The van der Waals surface area contributed by atoms with Gasteiger partial charge in [0.15, 0.2) is 6.10 Å². The van der Waals surface area contributed by atoms with Gasteiger partial charge in [-0.3, -0.25) is 14.9 Å². The van der Waals surface area contributed by atoms with Gasteiger partial charge in [0.2, 0.25) is 0 Å². The van der Waals surface area contributed by atoms with Crippen LogP contribution in [-0.4, -0.2) is 46.4 Å². The zero-order chi connectivity index (χ0) is 21.9. The predicted molar refractivity (Wildman–Crippen MR) is 109 cm³/mol. The highest BCUT2D eigenvalue weighted by Gasteiger charge is 2.41. The Bertz CT molecular complexity index is 884. The minimum Gasteiger partial charge on any atom is -0.449 e. The van der Waals surface area contributed by atoms with E-state index in [1.165, 1.54) is 24.0 Å². The first-order chi connectivity index (χ1) is 14.3. The molecule has 0 spiro atoms. The first-order valence-corrected chi connectivity index (χ1v) is 10.2. The molecule has 1 N–H and O–H groups in total. The number of hydrogen-bond donors (Lipinski definition) is 1. The summed E-state index contributed by atoms with van der Waals surface area (Å²) in [4.78, 5) is 37.6. The van der Waals surface area contributed by atoms with Crippen LogP contribution in [0.25, 0.3) is 0 Å². The van der Waals surface area contributed by atoms with Gasteiger partial charge in [-0.2, -0.15) is 5.26 Å². The van der Waals surface area contributed by atoms with Crippen LogP contribution < -0.4 is 5.32 Å². The van der Waals surface area contributed by atoms with Gasteiger partial charge in [0.1, 0.15) is 11.2 Å². The second kappa shape index (κ2) is 8.69. The highest BCUT2D eigenvalue weighted by molar-refractivity contribution is 5.93. The Kier molecular flexibility index (Phi) is 6.25.